The topological polar surface area (TPSA) is 128 Å². The lowest BCUT2D eigenvalue weighted by Crippen LogP contribution is -2.43. The van der Waals surface area contributed by atoms with Crippen molar-refractivity contribution < 1.29 is 24.0 Å². The number of nitrogens with one attached hydrogen (secondary N) is 2. The van der Waals surface area contributed by atoms with Crippen LogP contribution < -0.4 is 10.9 Å². The summed E-state index contributed by atoms with van der Waals surface area (Å²) in [6.45, 7) is -0.609. The Morgan fingerprint density at radius 2 is 1.54 bits per heavy atom. The fourth-order valence-corrected chi connectivity index (χ4v) is 1.90. The summed E-state index contributed by atoms with van der Waals surface area (Å²) < 4.78 is 4.79. The first-order valence-electron chi connectivity index (χ1n) is 7.13. The van der Waals surface area contributed by atoms with Gasteiger partial charge in [-0.1, -0.05) is 11.6 Å². The van der Waals surface area contributed by atoms with Crippen molar-refractivity contribution >= 4 is 35.1 Å². The van der Waals surface area contributed by atoms with Gasteiger partial charge in [-0.3, -0.25) is 30.6 Å². The summed E-state index contributed by atoms with van der Waals surface area (Å²) in [7, 11) is 0. The molecule has 0 spiro atoms. The van der Waals surface area contributed by atoms with Crippen molar-refractivity contribution in [2.75, 3.05) is 6.61 Å². The van der Waals surface area contributed by atoms with Crippen molar-refractivity contribution in [2.24, 2.45) is 0 Å². The number of hydrazine groups is 1. The van der Waals surface area contributed by atoms with Gasteiger partial charge in [0.05, 0.1) is 10.5 Å². The molecule has 2 amide bonds. The van der Waals surface area contributed by atoms with Crippen LogP contribution in [0.1, 0.15) is 20.7 Å². The zero-order chi connectivity index (χ0) is 19.1. The minimum absolute atomic E-state index is 0.106. The molecule has 0 fully saturated rings. The monoisotopic (exact) mass is 377 g/mol. The van der Waals surface area contributed by atoms with E-state index in [9.17, 15) is 24.5 Å². The van der Waals surface area contributed by atoms with Crippen molar-refractivity contribution in [2.45, 2.75) is 0 Å². The van der Waals surface area contributed by atoms with E-state index in [0.717, 1.165) is 12.1 Å². The van der Waals surface area contributed by atoms with Gasteiger partial charge in [-0.05, 0) is 36.4 Å². The highest BCUT2D eigenvalue weighted by atomic mass is 35.5. The molecular formula is C16H12ClN3O6. The molecule has 2 rings (SSSR count). The molecule has 0 saturated carbocycles. The molecule has 0 aromatic heterocycles. The molecule has 0 aliphatic rings. The lowest BCUT2D eigenvalue weighted by atomic mass is 10.2. The first kappa shape index (κ1) is 18.9. The number of nitrogens with zero attached hydrogens (tertiary/aromatic N) is 1. The van der Waals surface area contributed by atoms with Gasteiger partial charge in [0.25, 0.3) is 17.5 Å². The molecular weight excluding hydrogens is 366 g/mol. The quantitative estimate of drug-likeness (QED) is 0.465. The zero-order valence-corrected chi connectivity index (χ0v) is 13.9. The Morgan fingerprint density at radius 3 is 2.12 bits per heavy atom. The van der Waals surface area contributed by atoms with Gasteiger partial charge in [0.15, 0.2) is 6.61 Å². The van der Waals surface area contributed by atoms with Crippen molar-refractivity contribution in [1.29, 1.82) is 0 Å². The maximum Gasteiger partial charge on any atom is 0.338 e. The number of nitro benzene ring substituents is 1. The van der Waals surface area contributed by atoms with Gasteiger partial charge >= 0.3 is 5.97 Å². The molecule has 0 radical (unpaired) electrons. The number of rotatable bonds is 5. The van der Waals surface area contributed by atoms with Crippen molar-refractivity contribution in [3.63, 3.8) is 0 Å². The maximum absolute atomic E-state index is 11.8. The molecule has 9 nitrogen and oxygen atoms in total. The van der Waals surface area contributed by atoms with Crippen molar-refractivity contribution in [1.82, 2.24) is 10.9 Å². The summed E-state index contributed by atoms with van der Waals surface area (Å²) in [5, 5.41) is 11.0. The molecule has 0 saturated heterocycles. The lowest BCUT2D eigenvalue weighted by Gasteiger charge is -2.08. The first-order valence-corrected chi connectivity index (χ1v) is 7.51. The molecule has 0 unspecified atom stereocenters. The molecule has 10 heteroatoms. The van der Waals surface area contributed by atoms with Crippen LogP contribution in [0.4, 0.5) is 5.69 Å². The summed E-state index contributed by atoms with van der Waals surface area (Å²) in [5.74, 6) is -2.17. The SMILES string of the molecule is O=C(COC(=O)c1ccc(Cl)cc1)NNC(=O)c1ccc([N+](=O)[O-])cc1. The van der Waals surface area contributed by atoms with E-state index in [1.165, 1.54) is 36.4 Å². The van der Waals surface area contributed by atoms with Crippen LogP contribution in [0.25, 0.3) is 0 Å². The highest BCUT2D eigenvalue weighted by Gasteiger charge is 2.12. The van der Waals surface area contributed by atoms with Gasteiger partial charge in [-0.15, -0.1) is 0 Å². The number of hydrogen-bond acceptors (Lipinski definition) is 6. The highest BCUT2D eigenvalue weighted by Crippen LogP contribution is 2.12. The number of amides is 2. The fraction of sp³-hybridized carbons (Fsp3) is 0.0625. The van der Waals surface area contributed by atoms with Crippen LogP contribution in [-0.2, 0) is 9.53 Å². The Kier molecular flexibility index (Phi) is 6.23. The van der Waals surface area contributed by atoms with Crippen LogP contribution >= 0.6 is 11.6 Å². The number of halogens is 1. The van der Waals surface area contributed by atoms with E-state index < -0.39 is 29.3 Å². The number of benzene rings is 2. The smallest absolute Gasteiger partial charge is 0.338 e. The normalized spacial score (nSPS) is 9.88. The standard InChI is InChI=1S/C16H12ClN3O6/c17-12-5-1-11(2-6-12)16(23)26-9-14(21)18-19-15(22)10-3-7-13(8-4-10)20(24)25/h1-8H,9H2,(H,18,21)(H,19,22). The molecule has 134 valence electrons. The number of hydrogen-bond donors (Lipinski definition) is 2. The van der Waals surface area contributed by atoms with Gasteiger partial charge < -0.3 is 4.74 Å². The molecule has 2 N–H and O–H groups in total. The van der Waals surface area contributed by atoms with Gasteiger partial charge in [0, 0.05) is 22.7 Å². The Balaban J connectivity index is 1.79. The summed E-state index contributed by atoms with van der Waals surface area (Å²) in [6.07, 6.45) is 0. The minimum atomic E-state index is -0.762. The van der Waals surface area contributed by atoms with Gasteiger partial charge in [-0.2, -0.15) is 0 Å². The maximum atomic E-state index is 11.8. The largest absolute Gasteiger partial charge is 0.452 e. The Hall–Kier alpha value is -3.46. The summed E-state index contributed by atoms with van der Waals surface area (Å²) >= 11 is 5.70. The highest BCUT2D eigenvalue weighted by molar-refractivity contribution is 6.30. The summed E-state index contributed by atoms with van der Waals surface area (Å²) in [4.78, 5) is 45.1. The van der Waals surface area contributed by atoms with E-state index in [1.807, 2.05) is 0 Å². The van der Waals surface area contributed by atoms with E-state index in [1.54, 1.807) is 0 Å². The van der Waals surface area contributed by atoms with E-state index in [4.69, 9.17) is 16.3 Å². The van der Waals surface area contributed by atoms with Crippen molar-refractivity contribution in [3.05, 3.63) is 74.8 Å². The molecule has 2 aromatic carbocycles. The van der Waals surface area contributed by atoms with E-state index in [-0.39, 0.29) is 16.8 Å². The van der Waals surface area contributed by atoms with Crippen LogP contribution in [0.15, 0.2) is 48.5 Å². The average molecular weight is 378 g/mol. The molecule has 0 heterocycles. The number of carbonyl (C=O) groups excluding carboxylic acids is 3. The van der Waals surface area contributed by atoms with Crippen LogP contribution in [-0.4, -0.2) is 29.3 Å². The number of nitro groups is 1. The van der Waals surface area contributed by atoms with Crippen molar-refractivity contribution in [3.8, 4) is 0 Å². The fourth-order valence-electron chi connectivity index (χ4n) is 1.77. The van der Waals surface area contributed by atoms with Gasteiger partial charge in [0.1, 0.15) is 0 Å². The molecule has 2 aromatic rings. The first-order chi connectivity index (χ1) is 12.4. The van der Waals surface area contributed by atoms with E-state index in [2.05, 4.69) is 10.9 Å². The zero-order valence-electron chi connectivity index (χ0n) is 13.1. The minimum Gasteiger partial charge on any atom is -0.452 e. The third-order valence-corrected chi connectivity index (χ3v) is 3.32. The average Bonchev–Trinajstić information content (AvgIpc) is 2.64. The predicted octanol–water partition coefficient (Wildman–Crippen LogP) is 1.87. The third kappa shape index (κ3) is 5.28. The number of non-ortho nitro benzene ring substituents is 1. The second kappa shape index (κ2) is 8.58. The van der Waals surface area contributed by atoms with E-state index in [0.29, 0.717) is 5.02 Å². The van der Waals surface area contributed by atoms with Crippen LogP contribution in [0.3, 0.4) is 0 Å². The number of carbonyl (C=O) groups is 3. The lowest BCUT2D eigenvalue weighted by molar-refractivity contribution is -0.384. The summed E-state index contributed by atoms with van der Waals surface area (Å²) in [6, 6.07) is 10.7. The Morgan fingerprint density at radius 1 is 0.962 bits per heavy atom. The van der Waals surface area contributed by atoms with Crippen LogP contribution in [0.2, 0.25) is 5.02 Å². The van der Waals surface area contributed by atoms with Gasteiger partial charge in [-0.25, -0.2) is 4.79 Å². The number of esters is 1. The molecule has 0 aliphatic heterocycles. The number of ether oxygens (including phenoxy) is 1. The molecule has 0 aliphatic carbocycles. The predicted molar refractivity (Wildman–Crippen MR) is 90.4 cm³/mol. The molecule has 0 bridgehead atoms. The van der Waals surface area contributed by atoms with Crippen LogP contribution in [0.5, 0.6) is 0 Å². The van der Waals surface area contributed by atoms with E-state index >= 15 is 0 Å². The second-order valence-corrected chi connectivity index (χ2v) is 5.33. The second-order valence-electron chi connectivity index (χ2n) is 4.89. The molecule has 26 heavy (non-hydrogen) atoms. The Labute approximate surface area is 152 Å². The Bertz CT molecular complexity index is 836. The third-order valence-electron chi connectivity index (χ3n) is 3.07. The van der Waals surface area contributed by atoms with Crippen LogP contribution in [0, 0.1) is 10.1 Å². The summed E-state index contributed by atoms with van der Waals surface area (Å²) in [5.41, 5.74) is 4.32. The molecule has 0 atom stereocenters. The van der Waals surface area contributed by atoms with Gasteiger partial charge in [0.2, 0.25) is 0 Å².